The number of ether oxygens (including phenoxy) is 2. The Labute approximate surface area is 338 Å². The maximum atomic E-state index is 15.8. The number of hydrogen-bond acceptors (Lipinski definition) is 9. The lowest BCUT2D eigenvalue weighted by molar-refractivity contribution is -0.135. The van der Waals surface area contributed by atoms with Gasteiger partial charge in [-0.25, -0.2) is 23.9 Å². The summed E-state index contributed by atoms with van der Waals surface area (Å²) in [6.07, 6.45) is 7.02. The Balaban J connectivity index is 1.14. The molecule has 5 unspecified atom stereocenters. The number of nitrogens with one attached hydrogen (secondary N) is 4. The van der Waals surface area contributed by atoms with Gasteiger partial charge in [0.15, 0.2) is 0 Å². The van der Waals surface area contributed by atoms with E-state index in [1.54, 1.807) is 23.4 Å². The number of aromatic nitrogens is 4. The van der Waals surface area contributed by atoms with Crippen LogP contribution in [0, 0.1) is 17.2 Å². The molecule has 13 nitrogen and oxygen atoms in total. The van der Waals surface area contributed by atoms with Crippen molar-refractivity contribution < 1.29 is 28.2 Å². The SMILES string of the molecule is COC(=O)NC(C(=O)N1CCCC1c1ncc(-c2ccc(-c3ccc(-c4cnc(C5CC(SC)CN5CC(NC(=O)OC)C(C)(C)C)[nH]4)cc3F)cc2)[nH]1)C(C)C. The van der Waals surface area contributed by atoms with Crippen molar-refractivity contribution in [1.82, 2.24) is 40.4 Å². The van der Waals surface area contributed by atoms with E-state index in [2.05, 4.69) is 57.5 Å². The van der Waals surface area contributed by atoms with Crippen LogP contribution in [0.3, 0.4) is 0 Å². The molecule has 2 aliphatic heterocycles. The average Bonchev–Trinajstić information content (AvgIpc) is 4.02. The van der Waals surface area contributed by atoms with Crippen LogP contribution in [-0.2, 0) is 14.3 Å². The topological polar surface area (TPSA) is 158 Å². The molecule has 0 aliphatic carbocycles. The molecule has 5 atom stereocenters. The lowest BCUT2D eigenvalue weighted by Crippen LogP contribution is -2.51. The maximum absolute atomic E-state index is 15.8. The van der Waals surface area contributed by atoms with Gasteiger partial charge in [-0.15, -0.1) is 0 Å². The molecule has 4 aromatic rings. The Morgan fingerprint density at radius 1 is 0.912 bits per heavy atom. The number of alkyl carbamates (subject to hydrolysis) is 2. The molecule has 2 saturated heterocycles. The molecule has 6 rings (SSSR count). The summed E-state index contributed by atoms with van der Waals surface area (Å²) < 4.78 is 25.5. The fourth-order valence-corrected chi connectivity index (χ4v) is 8.45. The van der Waals surface area contributed by atoms with Crippen LogP contribution >= 0.6 is 11.8 Å². The minimum Gasteiger partial charge on any atom is -0.453 e. The molecule has 15 heteroatoms. The Bertz CT molecular complexity index is 2030. The van der Waals surface area contributed by atoms with E-state index in [0.717, 1.165) is 54.1 Å². The first-order chi connectivity index (χ1) is 27.2. The van der Waals surface area contributed by atoms with Crippen LogP contribution < -0.4 is 10.6 Å². The number of H-pyrrole nitrogens is 2. The number of benzene rings is 2. The highest BCUT2D eigenvalue weighted by Crippen LogP contribution is 2.38. The quantitative estimate of drug-likeness (QED) is 0.113. The number of thioether (sulfide) groups is 1. The third kappa shape index (κ3) is 9.47. The first kappa shape index (κ1) is 41.7. The molecular formula is C42H55FN8O5S. The largest absolute Gasteiger partial charge is 0.453 e. The van der Waals surface area contributed by atoms with E-state index in [1.165, 1.54) is 20.3 Å². The normalized spacial score (nSPS) is 19.8. The Hall–Kier alpha value is -4.89. The van der Waals surface area contributed by atoms with Crippen molar-refractivity contribution >= 4 is 29.9 Å². The second-order valence-electron chi connectivity index (χ2n) is 16.3. The van der Waals surface area contributed by atoms with E-state index in [0.29, 0.717) is 35.3 Å². The second kappa shape index (κ2) is 17.7. The van der Waals surface area contributed by atoms with Gasteiger partial charge in [0.05, 0.1) is 50.1 Å². The number of rotatable bonds is 12. The molecule has 0 saturated carbocycles. The zero-order chi connectivity index (χ0) is 41.0. The van der Waals surface area contributed by atoms with Crippen molar-refractivity contribution in [1.29, 1.82) is 0 Å². The van der Waals surface area contributed by atoms with Gasteiger partial charge in [-0.3, -0.25) is 9.69 Å². The van der Waals surface area contributed by atoms with Crippen molar-refractivity contribution in [3.8, 4) is 33.6 Å². The molecule has 2 aliphatic rings. The van der Waals surface area contributed by atoms with E-state index in [-0.39, 0.29) is 41.2 Å². The van der Waals surface area contributed by atoms with Gasteiger partial charge in [0.25, 0.3) is 0 Å². The van der Waals surface area contributed by atoms with E-state index in [9.17, 15) is 14.4 Å². The molecular weight excluding hydrogens is 748 g/mol. The number of hydrogen-bond donors (Lipinski definition) is 4. The number of amides is 3. The van der Waals surface area contributed by atoms with Crippen LogP contribution in [0.15, 0.2) is 54.9 Å². The molecule has 2 fully saturated rings. The Morgan fingerprint density at radius 2 is 1.51 bits per heavy atom. The smallest absolute Gasteiger partial charge is 0.407 e. The summed E-state index contributed by atoms with van der Waals surface area (Å²) in [5, 5.41) is 6.12. The van der Waals surface area contributed by atoms with Crippen molar-refractivity contribution in [2.45, 2.75) is 83.3 Å². The Kier molecular flexibility index (Phi) is 13.0. The van der Waals surface area contributed by atoms with E-state index >= 15 is 4.39 Å². The number of nitrogens with zero attached hydrogens (tertiary/aromatic N) is 4. The summed E-state index contributed by atoms with van der Waals surface area (Å²) in [5.74, 6) is 0.860. The van der Waals surface area contributed by atoms with Gasteiger partial charge in [0.2, 0.25) is 5.91 Å². The second-order valence-corrected chi connectivity index (χ2v) is 17.4. The number of imidazole rings is 2. The monoisotopic (exact) mass is 802 g/mol. The van der Waals surface area contributed by atoms with Crippen LogP contribution in [0.4, 0.5) is 14.0 Å². The summed E-state index contributed by atoms with van der Waals surface area (Å²) in [6.45, 7) is 12.1. The third-order valence-electron chi connectivity index (χ3n) is 11.2. The number of aromatic amines is 2. The van der Waals surface area contributed by atoms with Gasteiger partial charge >= 0.3 is 12.2 Å². The zero-order valence-electron chi connectivity index (χ0n) is 34.0. The minimum atomic E-state index is -0.710. The minimum absolute atomic E-state index is 0.0150. The predicted octanol–water partition coefficient (Wildman–Crippen LogP) is 7.57. The van der Waals surface area contributed by atoms with Gasteiger partial charge in [-0.2, -0.15) is 11.8 Å². The van der Waals surface area contributed by atoms with Crippen LogP contribution in [-0.4, -0.2) is 105 Å². The molecule has 3 amide bonds. The highest BCUT2D eigenvalue weighted by atomic mass is 32.2. The molecule has 4 heterocycles. The predicted molar refractivity (Wildman–Crippen MR) is 220 cm³/mol. The van der Waals surface area contributed by atoms with Gasteiger partial charge in [-0.05, 0) is 54.0 Å². The highest BCUT2D eigenvalue weighted by molar-refractivity contribution is 7.99. The van der Waals surface area contributed by atoms with Gasteiger partial charge in [-0.1, -0.05) is 71.0 Å². The van der Waals surface area contributed by atoms with E-state index in [4.69, 9.17) is 14.5 Å². The number of likely N-dealkylation sites (tertiary alicyclic amines) is 2. The van der Waals surface area contributed by atoms with Crippen molar-refractivity contribution in [2.75, 3.05) is 40.1 Å². The van der Waals surface area contributed by atoms with Crippen molar-refractivity contribution in [3.63, 3.8) is 0 Å². The number of carbonyl (C=O) groups excluding carboxylic acids is 3. The molecule has 2 aromatic heterocycles. The number of methoxy groups -OCH3 is 2. The van der Waals surface area contributed by atoms with Crippen LogP contribution in [0.5, 0.6) is 0 Å². The van der Waals surface area contributed by atoms with E-state index < -0.39 is 18.2 Å². The molecule has 4 N–H and O–H groups in total. The third-order valence-corrected chi connectivity index (χ3v) is 12.2. The molecule has 2 aromatic carbocycles. The van der Waals surface area contributed by atoms with Crippen LogP contribution in [0.2, 0.25) is 0 Å². The Morgan fingerprint density at radius 3 is 2.11 bits per heavy atom. The van der Waals surface area contributed by atoms with Crippen LogP contribution in [0.25, 0.3) is 33.6 Å². The summed E-state index contributed by atoms with van der Waals surface area (Å²) in [5.41, 5.74) is 4.11. The highest BCUT2D eigenvalue weighted by Gasteiger charge is 2.39. The standard InChI is InChI=1S/C42H55FN8O5S/c1-24(2)36(49-41(54)56-7)39(52)51-17-9-10-33(51)37-44-20-31(46-37)26-13-11-25(12-14-26)29-16-15-27(18-30(29)43)32-21-45-38(47-32)34-19-28(57-8)22-50(34)23-35(42(3,4)5)48-40(53)55-6/h11-16,18,20-21,24,28,33-36H,9-10,17,19,22-23H2,1-8H3,(H,44,46)(H,45,47)(H,48,53)(H,49,54). The fourth-order valence-electron chi connectivity index (χ4n) is 7.73. The van der Waals surface area contributed by atoms with Gasteiger partial charge < -0.3 is 35.0 Å². The molecule has 0 bridgehead atoms. The average molecular weight is 803 g/mol. The molecule has 306 valence electrons. The summed E-state index contributed by atoms with van der Waals surface area (Å²) in [7, 11) is 2.66. The molecule has 0 spiro atoms. The van der Waals surface area contributed by atoms with Crippen LogP contribution in [0.1, 0.15) is 77.6 Å². The lowest BCUT2D eigenvalue weighted by atomic mass is 9.86. The van der Waals surface area contributed by atoms with Crippen molar-refractivity contribution in [3.05, 3.63) is 72.3 Å². The van der Waals surface area contributed by atoms with Gasteiger partial charge in [0.1, 0.15) is 23.5 Å². The molecule has 0 radical (unpaired) electrons. The molecule has 57 heavy (non-hydrogen) atoms. The lowest BCUT2D eigenvalue weighted by Gasteiger charge is -2.35. The number of carbonyl (C=O) groups is 3. The van der Waals surface area contributed by atoms with Crippen molar-refractivity contribution in [2.24, 2.45) is 11.3 Å². The number of halogens is 1. The summed E-state index contributed by atoms with van der Waals surface area (Å²) in [4.78, 5) is 58.1. The van der Waals surface area contributed by atoms with E-state index in [1.807, 2.05) is 55.9 Å². The fraction of sp³-hybridized carbons (Fsp3) is 0.500. The summed E-state index contributed by atoms with van der Waals surface area (Å²) in [6, 6.07) is 11.8. The first-order valence-electron chi connectivity index (χ1n) is 19.5. The van der Waals surface area contributed by atoms with Gasteiger partial charge in [0, 0.05) is 42.1 Å². The zero-order valence-corrected chi connectivity index (χ0v) is 34.8. The first-order valence-corrected chi connectivity index (χ1v) is 20.8. The maximum Gasteiger partial charge on any atom is 0.407 e. The summed E-state index contributed by atoms with van der Waals surface area (Å²) >= 11 is 1.83.